The van der Waals surface area contributed by atoms with Crippen molar-refractivity contribution < 1.29 is 9.53 Å². The summed E-state index contributed by atoms with van der Waals surface area (Å²) in [6, 6.07) is 14.5. The van der Waals surface area contributed by atoms with Crippen molar-refractivity contribution in [3.8, 4) is 0 Å². The average Bonchev–Trinajstić information content (AvgIpc) is 3.06. The van der Waals surface area contributed by atoms with Crippen LogP contribution in [0.15, 0.2) is 42.5 Å². The third kappa shape index (κ3) is 3.57. The number of rotatable bonds is 5. The lowest BCUT2D eigenvalue weighted by molar-refractivity contribution is -0.120. The predicted molar refractivity (Wildman–Crippen MR) is 89.2 cm³/mol. The summed E-state index contributed by atoms with van der Waals surface area (Å²) < 4.78 is 5.51. The Balaban J connectivity index is 1.57. The summed E-state index contributed by atoms with van der Waals surface area (Å²) in [5.41, 5.74) is 1.05. The van der Waals surface area contributed by atoms with Crippen molar-refractivity contribution in [2.45, 2.75) is 18.9 Å². The summed E-state index contributed by atoms with van der Waals surface area (Å²) in [6.45, 7) is 1.78. The molecule has 0 spiro atoms. The maximum Gasteiger partial charge on any atom is 0.239 e. The highest BCUT2D eigenvalue weighted by Gasteiger charge is 2.16. The highest BCUT2D eigenvalue weighted by Crippen LogP contribution is 2.21. The van der Waals surface area contributed by atoms with Crippen LogP contribution in [-0.2, 0) is 9.53 Å². The van der Waals surface area contributed by atoms with Gasteiger partial charge in [0.25, 0.3) is 0 Å². The molecule has 1 fully saturated rings. The van der Waals surface area contributed by atoms with Gasteiger partial charge in [-0.25, -0.2) is 0 Å². The van der Waals surface area contributed by atoms with Crippen molar-refractivity contribution >= 4 is 22.4 Å². The normalized spacial score (nSPS) is 17.6. The van der Waals surface area contributed by atoms with Gasteiger partial charge in [-0.3, -0.25) is 4.79 Å². The standard InChI is InChI=1S/C18H22N2O2/c1-20(13-18(21)19-12-17-7-4-10-22-17)16-9-8-14-5-2-3-6-15(14)11-16/h2-3,5-6,8-9,11,17H,4,7,10,12-13H2,1H3,(H,19,21)/t17-/m1/s1. The number of carbonyl (C=O) groups is 1. The smallest absolute Gasteiger partial charge is 0.239 e. The molecule has 1 saturated heterocycles. The highest BCUT2D eigenvalue weighted by molar-refractivity contribution is 5.87. The molecule has 1 heterocycles. The molecule has 1 aliphatic rings. The number of ether oxygens (including phenoxy) is 1. The average molecular weight is 298 g/mol. The molecule has 1 amide bonds. The molecule has 4 heteroatoms. The van der Waals surface area contributed by atoms with E-state index >= 15 is 0 Å². The molecule has 1 N–H and O–H groups in total. The summed E-state index contributed by atoms with van der Waals surface area (Å²) in [5.74, 6) is 0.0335. The summed E-state index contributed by atoms with van der Waals surface area (Å²) >= 11 is 0. The number of fused-ring (bicyclic) bond motifs is 1. The molecule has 0 radical (unpaired) electrons. The third-order valence-electron chi connectivity index (χ3n) is 4.11. The van der Waals surface area contributed by atoms with Gasteiger partial charge in [0.1, 0.15) is 0 Å². The topological polar surface area (TPSA) is 41.6 Å². The van der Waals surface area contributed by atoms with E-state index in [2.05, 4.69) is 35.6 Å². The molecule has 2 aromatic rings. The molecule has 1 aliphatic heterocycles. The van der Waals surface area contributed by atoms with E-state index < -0.39 is 0 Å². The fraction of sp³-hybridized carbons (Fsp3) is 0.389. The zero-order valence-corrected chi connectivity index (χ0v) is 12.9. The van der Waals surface area contributed by atoms with Crippen LogP contribution in [0.1, 0.15) is 12.8 Å². The van der Waals surface area contributed by atoms with E-state index in [4.69, 9.17) is 4.74 Å². The molecule has 0 aliphatic carbocycles. The van der Waals surface area contributed by atoms with E-state index in [0.29, 0.717) is 13.1 Å². The number of likely N-dealkylation sites (N-methyl/N-ethyl adjacent to an activating group) is 1. The third-order valence-corrected chi connectivity index (χ3v) is 4.11. The van der Waals surface area contributed by atoms with Crippen LogP contribution >= 0.6 is 0 Å². The second-order valence-corrected chi connectivity index (χ2v) is 5.83. The SMILES string of the molecule is CN(CC(=O)NC[C@H]1CCCO1)c1ccc2ccccc2c1. The molecule has 1 atom stereocenters. The van der Waals surface area contributed by atoms with Gasteiger partial charge < -0.3 is 15.0 Å². The Hall–Kier alpha value is -2.07. The van der Waals surface area contributed by atoms with E-state index in [1.807, 2.05) is 24.1 Å². The highest BCUT2D eigenvalue weighted by atomic mass is 16.5. The maximum absolute atomic E-state index is 12.0. The lowest BCUT2D eigenvalue weighted by Crippen LogP contribution is -2.38. The number of benzene rings is 2. The first-order valence-corrected chi connectivity index (χ1v) is 7.80. The van der Waals surface area contributed by atoms with Crippen LogP contribution in [0.4, 0.5) is 5.69 Å². The van der Waals surface area contributed by atoms with Crippen LogP contribution in [0.2, 0.25) is 0 Å². The minimum Gasteiger partial charge on any atom is -0.376 e. The van der Waals surface area contributed by atoms with Crippen molar-refractivity contribution in [3.05, 3.63) is 42.5 Å². The van der Waals surface area contributed by atoms with Crippen molar-refractivity contribution in [3.63, 3.8) is 0 Å². The quantitative estimate of drug-likeness (QED) is 0.922. The van der Waals surface area contributed by atoms with Crippen LogP contribution in [0.5, 0.6) is 0 Å². The number of nitrogens with zero attached hydrogens (tertiary/aromatic N) is 1. The zero-order chi connectivity index (χ0) is 15.4. The fourth-order valence-electron chi connectivity index (χ4n) is 2.81. The summed E-state index contributed by atoms with van der Waals surface area (Å²) in [7, 11) is 1.94. The van der Waals surface area contributed by atoms with Gasteiger partial charge in [0.15, 0.2) is 0 Å². The first-order valence-electron chi connectivity index (χ1n) is 7.80. The maximum atomic E-state index is 12.0. The number of hydrogen-bond acceptors (Lipinski definition) is 3. The van der Waals surface area contributed by atoms with E-state index in [0.717, 1.165) is 25.1 Å². The molecule has 0 bridgehead atoms. The molecule has 116 valence electrons. The van der Waals surface area contributed by atoms with Crippen molar-refractivity contribution in [2.75, 3.05) is 31.6 Å². The van der Waals surface area contributed by atoms with Crippen LogP contribution in [-0.4, -0.2) is 38.8 Å². The molecule has 2 aromatic carbocycles. The Kier molecular flexibility index (Phi) is 4.59. The minimum atomic E-state index is 0.0335. The second kappa shape index (κ2) is 6.79. The van der Waals surface area contributed by atoms with Gasteiger partial charge in [-0.05, 0) is 35.7 Å². The first-order chi connectivity index (χ1) is 10.7. The van der Waals surface area contributed by atoms with Crippen molar-refractivity contribution in [2.24, 2.45) is 0 Å². The number of amides is 1. The van der Waals surface area contributed by atoms with Crippen molar-refractivity contribution in [1.29, 1.82) is 0 Å². The van der Waals surface area contributed by atoms with Gasteiger partial charge >= 0.3 is 0 Å². The first kappa shape index (κ1) is 14.9. The number of hydrogen-bond donors (Lipinski definition) is 1. The number of nitrogens with one attached hydrogen (secondary N) is 1. The number of anilines is 1. The van der Waals surface area contributed by atoms with Crippen LogP contribution in [0.25, 0.3) is 10.8 Å². The van der Waals surface area contributed by atoms with Gasteiger partial charge in [-0.15, -0.1) is 0 Å². The van der Waals surface area contributed by atoms with E-state index in [1.165, 1.54) is 10.8 Å². The molecule has 0 saturated carbocycles. The Morgan fingerprint density at radius 3 is 2.86 bits per heavy atom. The molecule has 4 nitrogen and oxygen atoms in total. The van der Waals surface area contributed by atoms with Gasteiger partial charge in [-0.2, -0.15) is 0 Å². The van der Waals surface area contributed by atoms with Crippen LogP contribution in [0, 0.1) is 0 Å². The Morgan fingerprint density at radius 1 is 1.27 bits per heavy atom. The van der Waals surface area contributed by atoms with Crippen LogP contribution in [0.3, 0.4) is 0 Å². The van der Waals surface area contributed by atoms with E-state index in [9.17, 15) is 4.79 Å². The summed E-state index contributed by atoms with van der Waals surface area (Å²) in [4.78, 5) is 14.0. The minimum absolute atomic E-state index is 0.0335. The summed E-state index contributed by atoms with van der Waals surface area (Å²) in [5, 5.41) is 5.35. The predicted octanol–water partition coefficient (Wildman–Crippen LogP) is 2.57. The van der Waals surface area contributed by atoms with E-state index in [1.54, 1.807) is 0 Å². The summed E-state index contributed by atoms with van der Waals surface area (Å²) in [6.07, 6.45) is 2.33. The largest absolute Gasteiger partial charge is 0.376 e. The number of carbonyl (C=O) groups excluding carboxylic acids is 1. The zero-order valence-electron chi connectivity index (χ0n) is 12.9. The molecule has 3 rings (SSSR count). The molecular weight excluding hydrogens is 276 g/mol. The Morgan fingerprint density at radius 2 is 2.09 bits per heavy atom. The second-order valence-electron chi connectivity index (χ2n) is 5.83. The Bertz CT molecular complexity index is 650. The molecule has 22 heavy (non-hydrogen) atoms. The lowest BCUT2D eigenvalue weighted by Gasteiger charge is -2.20. The Labute approximate surface area is 131 Å². The van der Waals surface area contributed by atoms with E-state index in [-0.39, 0.29) is 12.0 Å². The van der Waals surface area contributed by atoms with Crippen molar-refractivity contribution in [1.82, 2.24) is 5.32 Å². The van der Waals surface area contributed by atoms with Gasteiger partial charge in [0.2, 0.25) is 5.91 Å². The monoisotopic (exact) mass is 298 g/mol. The van der Waals surface area contributed by atoms with Gasteiger partial charge in [-0.1, -0.05) is 30.3 Å². The van der Waals surface area contributed by atoms with Crippen LogP contribution < -0.4 is 10.2 Å². The molecule has 0 aromatic heterocycles. The molecule has 0 unspecified atom stereocenters. The molecular formula is C18H22N2O2. The fourth-order valence-corrected chi connectivity index (χ4v) is 2.81. The lowest BCUT2D eigenvalue weighted by atomic mass is 10.1. The van der Waals surface area contributed by atoms with Gasteiger partial charge in [0, 0.05) is 25.9 Å². The van der Waals surface area contributed by atoms with Gasteiger partial charge in [0.05, 0.1) is 12.6 Å².